The first-order valence-electron chi connectivity index (χ1n) is 9.34. The number of rotatable bonds is 9. The van der Waals surface area contributed by atoms with Crippen molar-refractivity contribution in [2.24, 2.45) is 5.41 Å². The van der Waals surface area contributed by atoms with Crippen molar-refractivity contribution < 1.29 is 9.47 Å². The zero-order chi connectivity index (χ0) is 19.2. The van der Waals surface area contributed by atoms with Crippen molar-refractivity contribution in [3.05, 3.63) is 46.2 Å². The van der Waals surface area contributed by atoms with E-state index in [9.17, 15) is 0 Å². The fraction of sp³-hybridized carbons (Fsp3) is 0.545. The lowest BCUT2D eigenvalue weighted by molar-refractivity contribution is 0.240. The maximum Gasteiger partial charge on any atom is 0.161 e. The monoisotopic (exact) mass is 375 g/mol. The minimum atomic E-state index is 0.0817. The summed E-state index contributed by atoms with van der Waals surface area (Å²) in [5.41, 5.74) is 1.59. The van der Waals surface area contributed by atoms with Crippen molar-refractivity contribution in [3.63, 3.8) is 0 Å². The quantitative estimate of drug-likeness (QED) is 0.580. The lowest BCUT2D eigenvalue weighted by Crippen LogP contribution is -2.41. The highest BCUT2D eigenvalue weighted by Gasteiger charge is 2.24. The third-order valence-corrected chi connectivity index (χ3v) is 4.85. The van der Waals surface area contributed by atoms with E-state index in [1.165, 1.54) is 10.4 Å². The molecule has 0 aliphatic carbocycles. The Morgan fingerprint density at radius 2 is 1.77 bits per heavy atom. The van der Waals surface area contributed by atoms with E-state index in [0.29, 0.717) is 18.6 Å². The summed E-state index contributed by atoms with van der Waals surface area (Å²) in [5.74, 6) is 1.62. The van der Waals surface area contributed by atoms with Gasteiger partial charge in [-0.05, 0) is 61.7 Å². The number of hydrogen-bond acceptors (Lipinski definition) is 4. The van der Waals surface area contributed by atoms with Crippen LogP contribution < -0.4 is 14.8 Å². The van der Waals surface area contributed by atoms with Gasteiger partial charge < -0.3 is 14.8 Å². The largest absolute Gasteiger partial charge is 0.490 e. The fourth-order valence-corrected chi connectivity index (χ4v) is 3.94. The lowest BCUT2D eigenvalue weighted by Gasteiger charge is -2.33. The van der Waals surface area contributed by atoms with Crippen LogP contribution in [0.25, 0.3) is 0 Å². The van der Waals surface area contributed by atoms with Gasteiger partial charge in [-0.2, -0.15) is 0 Å². The van der Waals surface area contributed by atoms with Gasteiger partial charge in [0.05, 0.1) is 6.61 Å². The molecule has 4 heteroatoms. The van der Waals surface area contributed by atoms with Crippen LogP contribution in [0.4, 0.5) is 0 Å². The van der Waals surface area contributed by atoms with Crippen molar-refractivity contribution >= 4 is 11.3 Å². The molecule has 0 unspecified atom stereocenters. The first-order valence-corrected chi connectivity index (χ1v) is 10.2. The molecule has 1 heterocycles. The number of nitrogens with one attached hydrogen (secondary N) is 1. The summed E-state index contributed by atoms with van der Waals surface area (Å²) in [7, 11) is 0. The van der Waals surface area contributed by atoms with Crippen LogP contribution >= 0.6 is 11.3 Å². The Morgan fingerprint density at radius 1 is 1.00 bits per heavy atom. The Balaban J connectivity index is 2.02. The topological polar surface area (TPSA) is 30.5 Å². The zero-order valence-electron chi connectivity index (χ0n) is 17.0. The number of benzene rings is 1. The van der Waals surface area contributed by atoms with Crippen LogP contribution in [0.15, 0.2) is 35.7 Å². The van der Waals surface area contributed by atoms with E-state index in [2.05, 4.69) is 63.5 Å². The summed E-state index contributed by atoms with van der Waals surface area (Å²) >= 11 is 1.70. The number of ether oxygens (including phenoxy) is 2. The van der Waals surface area contributed by atoms with E-state index in [1.54, 1.807) is 11.3 Å². The van der Waals surface area contributed by atoms with Gasteiger partial charge in [-0.1, -0.05) is 32.9 Å². The molecular formula is C22H33NO2S. The minimum Gasteiger partial charge on any atom is -0.490 e. The van der Waals surface area contributed by atoms with Gasteiger partial charge in [-0.15, -0.1) is 11.3 Å². The van der Waals surface area contributed by atoms with E-state index < -0.39 is 0 Å². The van der Waals surface area contributed by atoms with E-state index in [4.69, 9.17) is 9.47 Å². The molecule has 0 radical (unpaired) electrons. The minimum absolute atomic E-state index is 0.0817. The molecule has 1 N–H and O–H groups in total. The third-order valence-electron chi connectivity index (χ3n) is 4.00. The summed E-state index contributed by atoms with van der Waals surface area (Å²) < 4.78 is 11.8. The SMILES string of the molecule is CCOc1cc(CNC(C)(C)CC(C)(C)C)ccc1OCc1cccs1. The zero-order valence-corrected chi connectivity index (χ0v) is 17.8. The van der Waals surface area contributed by atoms with Crippen LogP contribution in [0.2, 0.25) is 0 Å². The Labute approximate surface area is 162 Å². The van der Waals surface area contributed by atoms with Gasteiger partial charge in [0.15, 0.2) is 11.5 Å². The average molecular weight is 376 g/mol. The first kappa shape index (κ1) is 20.8. The summed E-state index contributed by atoms with van der Waals surface area (Å²) in [6.45, 7) is 15.4. The van der Waals surface area contributed by atoms with Crippen LogP contribution in [0.3, 0.4) is 0 Å². The van der Waals surface area contributed by atoms with Crippen molar-refractivity contribution in [2.45, 2.75) is 66.7 Å². The number of hydrogen-bond donors (Lipinski definition) is 1. The molecule has 0 saturated carbocycles. The predicted molar refractivity (Wildman–Crippen MR) is 111 cm³/mol. The standard InChI is InChI=1S/C22H33NO2S/c1-7-24-20-13-17(14-23-22(5,6)16-21(2,3)4)10-11-19(20)25-15-18-9-8-12-26-18/h8-13,23H,7,14-16H2,1-6H3. The van der Waals surface area contributed by atoms with E-state index in [0.717, 1.165) is 24.5 Å². The molecule has 0 spiro atoms. The fourth-order valence-electron chi connectivity index (χ4n) is 3.32. The smallest absolute Gasteiger partial charge is 0.161 e. The first-order chi connectivity index (χ1) is 12.2. The van der Waals surface area contributed by atoms with Gasteiger partial charge in [0.25, 0.3) is 0 Å². The average Bonchev–Trinajstić information content (AvgIpc) is 3.03. The molecule has 0 aliphatic rings. The molecule has 0 fully saturated rings. The van der Waals surface area contributed by atoms with Gasteiger partial charge in [0.1, 0.15) is 6.61 Å². The Kier molecular flexibility index (Phi) is 7.13. The van der Waals surface area contributed by atoms with Crippen LogP contribution in [0, 0.1) is 5.41 Å². The second-order valence-corrected chi connectivity index (χ2v) is 9.59. The van der Waals surface area contributed by atoms with E-state index in [1.807, 2.05) is 19.1 Å². The highest BCUT2D eigenvalue weighted by molar-refractivity contribution is 7.09. The summed E-state index contributed by atoms with van der Waals surface area (Å²) in [4.78, 5) is 1.21. The molecular weight excluding hydrogens is 342 g/mol. The molecule has 1 aromatic heterocycles. The second-order valence-electron chi connectivity index (χ2n) is 8.56. The highest BCUT2D eigenvalue weighted by Crippen LogP contribution is 2.31. The van der Waals surface area contributed by atoms with Crippen molar-refractivity contribution in [2.75, 3.05) is 6.61 Å². The van der Waals surface area contributed by atoms with E-state index in [-0.39, 0.29) is 5.54 Å². The summed E-state index contributed by atoms with van der Waals surface area (Å²) in [6, 6.07) is 10.4. The molecule has 144 valence electrons. The predicted octanol–water partition coefficient (Wildman–Crippen LogP) is 6.03. The number of thiophene rings is 1. The van der Waals surface area contributed by atoms with Crippen molar-refractivity contribution in [3.8, 4) is 11.5 Å². The maximum atomic E-state index is 5.97. The van der Waals surface area contributed by atoms with Crippen molar-refractivity contribution in [1.29, 1.82) is 0 Å². The van der Waals surface area contributed by atoms with Crippen molar-refractivity contribution in [1.82, 2.24) is 5.32 Å². The molecule has 26 heavy (non-hydrogen) atoms. The summed E-state index contributed by atoms with van der Waals surface area (Å²) in [5, 5.41) is 5.75. The van der Waals surface area contributed by atoms with Gasteiger partial charge >= 0.3 is 0 Å². The van der Waals surface area contributed by atoms with Gasteiger partial charge in [-0.25, -0.2) is 0 Å². The molecule has 0 aliphatic heterocycles. The van der Waals surface area contributed by atoms with Gasteiger partial charge in [0, 0.05) is 17.0 Å². The van der Waals surface area contributed by atoms with Crippen LogP contribution in [0.1, 0.15) is 58.4 Å². The molecule has 1 aromatic carbocycles. The molecule has 2 rings (SSSR count). The molecule has 0 saturated heterocycles. The molecule has 3 nitrogen and oxygen atoms in total. The van der Waals surface area contributed by atoms with Crippen LogP contribution in [-0.2, 0) is 13.2 Å². The van der Waals surface area contributed by atoms with Gasteiger partial charge in [-0.3, -0.25) is 0 Å². The molecule has 2 aromatic rings. The highest BCUT2D eigenvalue weighted by atomic mass is 32.1. The Bertz CT molecular complexity index is 672. The molecule has 0 bridgehead atoms. The third kappa shape index (κ3) is 7.00. The van der Waals surface area contributed by atoms with E-state index >= 15 is 0 Å². The second kappa shape index (κ2) is 8.92. The Morgan fingerprint density at radius 3 is 2.38 bits per heavy atom. The lowest BCUT2D eigenvalue weighted by atomic mass is 9.82. The summed E-state index contributed by atoms with van der Waals surface area (Å²) in [6.07, 6.45) is 1.11. The molecule has 0 amide bonds. The maximum absolute atomic E-state index is 5.97. The normalized spacial score (nSPS) is 12.2. The van der Waals surface area contributed by atoms with Crippen LogP contribution in [-0.4, -0.2) is 12.1 Å². The Hall–Kier alpha value is -1.52. The molecule has 0 atom stereocenters. The van der Waals surface area contributed by atoms with Gasteiger partial charge in [0.2, 0.25) is 0 Å². The van der Waals surface area contributed by atoms with Crippen LogP contribution in [0.5, 0.6) is 11.5 Å².